The highest BCUT2D eigenvalue weighted by molar-refractivity contribution is 9.10. The second-order valence-electron chi connectivity index (χ2n) is 6.52. The minimum atomic E-state index is -0.202. The number of anilines is 1. The van der Waals surface area contributed by atoms with Crippen LogP contribution in [0, 0.1) is 0 Å². The van der Waals surface area contributed by atoms with Gasteiger partial charge in [-0.1, -0.05) is 39.3 Å². The maximum absolute atomic E-state index is 12.5. The van der Waals surface area contributed by atoms with Gasteiger partial charge in [0.15, 0.2) is 10.9 Å². The number of thioether (sulfide) groups is 1. The molecule has 2 aromatic carbocycles. The molecular weight excluding hydrogens is 504 g/mol. The Morgan fingerprint density at radius 2 is 2.10 bits per heavy atom. The number of rotatable bonds is 7. The van der Waals surface area contributed by atoms with Gasteiger partial charge in [-0.3, -0.25) is 9.36 Å². The minimum Gasteiger partial charge on any atom is -0.495 e. The number of carbonyl (C=O) groups excluding carboxylic acids is 1. The smallest absolute Gasteiger partial charge is 0.234 e. The van der Waals surface area contributed by atoms with Gasteiger partial charge in [0.25, 0.3) is 0 Å². The molecule has 7 nitrogen and oxygen atoms in total. The summed E-state index contributed by atoms with van der Waals surface area (Å²) >= 11 is 10.8. The molecule has 0 unspecified atom stereocenters. The van der Waals surface area contributed by atoms with Crippen LogP contribution in [0.1, 0.15) is 6.92 Å². The number of nitrogens with zero attached hydrogens (tertiary/aromatic N) is 3. The van der Waals surface area contributed by atoms with Gasteiger partial charge in [0, 0.05) is 21.4 Å². The molecule has 0 radical (unpaired) electrons. The van der Waals surface area contributed by atoms with Crippen LogP contribution in [0.4, 0.5) is 5.69 Å². The fourth-order valence-corrected chi connectivity index (χ4v) is 4.43. The van der Waals surface area contributed by atoms with Crippen molar-refractivity contribution in [2.75, 3.05) is 18.2 Å². The molecule has 160 valence electrons. The van der Waals surface area contributed by atoms with E-state index in [1.165, 1.54) is 18.9 Å². The molecule has 0 saturated carbocycles. The van der Waals surface area contributed by atoms with Crippen molar-refractivity contribution in [3.63, 3.8) is 0 Å². The number of hydrogen-bond acceptors (Lipinski definition) is 6. The Kier molecular flexibility index (Phi) is 6.54. The van der Waals surface area contributed by atoms with Gasteiger partial charge < -0.3 is 14.5 Å². The zero-order valence-electron chi connectivity index (χ0n) is 16.7. The van der Waals surface area contributed by atoms with E-state index in [0.29, 0.717) is 39.7 Å². The number of nitrogens with one attached hydrogen (secondary N) is 1. The van der Waals surface area contributed by atoms with Crippen molar-refractivity contribution >= 4 is 61.9 Å². The standard InChI is InChI=1S/C21H18BrClN4O3S/c1-3-27-20(18-9-12-8-13(22)4-6-16(12)30-18)25-26-21(27)31-11-19(28)24-15-10-14(23)5-7-17(15)29-2/h4-10H,3,11H2,1-2H3,(H,24,28). The topological polar surface area (TPSA) is 82.2 Å². The van der Waals surface area contributed by atoms with Gasteiger partial charge in [-0.25, -0.2) is 0 Å². The van der Waals surface area contributed by atoms with E-state index in [1.54, 1.807) is 18.2 Å². The SMILES string of the molecule is CCn1c(SCC(=O)Nc2cc(Cl)ccc2OC)nnc1-c1cc2cc(Br)ccc2o1. The molecule has 4 aromatic rings. The average Bonchev–Trinajstić information content (AvgIpc) is 3.35. The molecule has 0 atom stereocenters. The fraction of sp³-hybridized carbons (Fsp3) is 0.190. The van der Waals surface area contributed by atoms with Gasteiger partial charge in [0.2, 0.25) is 11.7 Å². The molecule has 1 amide bonds. The summed E-state index contributed by atoms with van der Waals surface area (Å²) in [5.74, 6) is 1.74. The van der Waals surface area contributed by atoms with Gasteiger partial charge in [0.1, 0.15) is 11.3 Å². The molecule has 31 heavy (non-hydrogen) atoms. The third-order valence-corrected chi connectivity index (χ3v) is 6.19. The van der Waals surface area contributed by atoms with Gasteiger partial charge in [-0.15, -0.1) is 10.2 Å². The van der Waals surface area contributed by atoms with Crippen molar-refractivity contribution in [2.24, 2.45) is 0 Å². The maximum Gasteiger partial charge on any atom is 0.234 e. The Morgan fingerprint density at radius 1 is 1.26 bits per heavy atom. The number of methoxy groups -OCH3 is 1. The van der Waals surface area contributed by atoms with E-state index in [9.17, 15) is 4.79 Å². The van der Waals surface area contributed by atoms with Crippen LogP contribution in [0.25, 0.3) is 22.6 Å². The van der Waals surface area contributed by atoms with Gasteiger partial charge in [-0.05, 0) is 49.4 Å². The molecule has 0 saturated heterocycles. The number of benzene rings is 2. The van der Waals surface area contributed by atoms with E-state index < -0.39 is 0 Å². The first-order valence-corrected chi connectivity index (χ1v) is 11.5. The second kappa shape index (κ2) is 9.33. The predicted molar refractivity (Wildman–Crippen MR) is 126 cm³/mol. The summed E-state index contributed by atoms with van der Waals surface area (Å²) < 4.78 is 14.1. The normalized spacial score (nSPS) is 11.1. The van der Waals surface area contributed by atoms with Gasteiger partial charge in [-0.2, -0.15) is 0 Å². The molecule has 0 aliphatic heterocycles. The van der Waals surface area contributed by atoms with E-state index in [-0.39, 0.29) is 11.7 Å². The second-order valence-corrected chi connectivity index (χ2v) is 8.82. The van der Waals surface area contributed by atoms with Crippen molar-refractivity contribution < 1.29 is 13.9 Å². The zero-order chi connectivity index (χ0) is 22.0. The number of halogens is 2. The van der Waals surface area contributed by atoms with Crippen molar-refractivity contribution in [3.8, 4) is 17.3 Å². The number of hydrogen-bond donors (Lipinski definition) is 1. The molecular formula is C21H18BrClN4O3S. The molecule has 0 aliphatic carbocycles. The zero-order valence-corrected chi connectivity index (χ0v) is 19.8. The summed E-state index contributed by atoms with van der Waals surface area (Å²) in [4.78, 5) is 12.5. The highest BCUT2D eigenvalue weighted by atomic mass is 79.9. The number of amides is 1. The number of furan rings is 1. The van der Waals surface area contributed by atoms with Crippen LogP contribution in [0.3, 0.4) is 0 Å². The highest BCUT2D eigenvalue weighted by Gasteiger charge is 2.18. The third kappa shape index (κ3) is 4.73. The first-order chi connectivity index (χ1) is 15.0. The van der Waals surface area contributed by atoms with Crippen LogP contribution < -0.4 is 10.1 Å². The molecule has 2 heterocycles. The average molecular weight is 522 g/mol. The Balaban J connectivity index is 1.50. The number of fused-ring (bicyclic) bond motifs is 1. The van der Waals surface area contributed by atoms with E-state index >= 15 is 0 Å². The van der Waals surface area contributed by atoms with E-state index in [1.807, 2.05) is 35.8 Å². The van der Waals surface area contributed by atoms with Crippen molar-refractivity contribution in [1.82, 2.24) is 14.8 Å². The fourth-order valence-electron chi connectivity index (χ4n) is 3.08. The molecule has 2 aromatic heterocycles. The van der Waals surface area contributed by atoms with Crippen molar-refractivity contribution in [3.05, 3.63) is 52.0 Å². The summed E-state index contributed by atoms with van der Waals surface area (Å²) in [7, 11) is 1.54. The summed E-state index contributed by atoms with van der Waals surface area (Å²) in [5.41, 5.74) is 1.29. The number of carbonyl (C=O) groups is 1. The lowest BCUT2D eigenvalue weighted by Crippen LogP contribution is -2.15. The first kappa shape index (κ1) is 21.7. The summed E-state index contributed by atoms with van der Waals surface area (Å²) in [5, 5.41) is 13.5. The molecule has 0 fully saturated rings. The molecule has 4 rings (SSSR count). The quantitative estimate of drug-likeness (QED) is 0.306. The Labute approximate surface area is 196 Å². The van der Waals surface area contributed by atoms with Gasteiger partial charge >= 0.3 is 0 Å². The van der Waals surface area contributed by atoms with Crippen LogP contribution in [0.5, 0.6) is 5.75 Å². The Morgan fingerprint density at radius 3 is 2.87 bits per heavy atom. The van der Waals surface area contributed by atoms with E-state index in [4.69, 9.17) is 20.8 Å². The largest absolute Gasteiger partial charge is 0.495 e. The monoisotopic (exact) mass is 520 g/mol. The Bertz CT molecular complexity index is 1260. The van der Waals surface area contributed by atoms with Gasteiger partial charge in [0.05, 0.1) is 18.6 Å². The maximum atomic E-state index is 12.5. The molecule has 0 spiro atoms. The Hall–Kier alpha value is -2.49. The minimum absolute atomic E-state index is 0.154. The lowest BCUT2D eigenvalue weighted by atomic mass is 10.2. The van der Waals surface area contributed by atoms with Crippen LogP contribution in [-0.4, -0.2) is 33.5 Å². The third-order valence-electron chi connectivity index (χ3n) is 4.50. The lowest BCUT2D eigenvalue weighted by molar-refractivity contribution is -0.113. The van der Waals surface area contributed by atoms with E-state index in [2.05, 4.69) is 31.4 Å². The lowest BCUT2D eigenvalue weighted by Gasteiger charge is -2.10. The van der Waals surface area contributed by atoms with Crippen molar-refractivity contribution in [1.29, 1.82) is 0 Å². The van der Waals surface area contributed by atoms with Crippen LogP contribution in [0.15, 0.2) is 56.5 Å². The summed E-state index contributed by atoms with van der Waals surface area (Å²) in [6.45, 7) is 2.63. The molecule has 0 aliphatic rings. The van der Waals surface area contributed by atoms with E-state index in [0.717, 1.165) is 15.4 Å². The van der Waals surface area contributed by atoms with Crippen molar-refractivity contribution in [2.45, 2.75) is 18.6 Å². The number of ether oxygens (including phenoxy) is 1. The first-order valence-electron chi connectivity index (χ1n) is 9.37. The van der Waals surface area contributed by atoms with Crippen LogP contribution in [0.2, 0.25) is 5.02 Å². The number of aromatic nitrogens is 3. The van der Waals surface area contributed by atoms with Crippen LogP contribution in [-0.2, 0) is 11.3 Å². The predicted octanol–water partition coefficient (Wildman–Crippen LogP) is 5.87. The summed E-state index contributed by atoms with van der Waals surface area (Å²) in [6.07, 6.45) is 0. The molecule has 0 bridgehead atoms. The molecule has 10 heteroatoms. The molecule has 1 N–H and O–H groups in total. The highest BCUT2D eigenvalue weighted by Crippen LogP contribution is 2.31. The summed E-state index contributed by atoms with van der Waals surface area (Å²) in [6, 6.07) is 12.8. The van der Waals surface area contributed by atoms with Crippen LogP contribution >= 0.6 is 39.3 Å².